The van der Waals surface area contributed by atoms with Crippen molar-refractivity contribution in [3.63, 3.8) is 0 Å². The van der Waals surface area contributed by atoms with Crippen molar-refractivity contribution in [2.24, 2.45) is 0 Å². The highest BCUT2D eigenvalue weighted by Gasteiger charge is 2.12. The normalized spacial score (nSPS) is 12.4. The van der Waals surface area contributed by atoms with Crippen LogP contribution in [0.1, 0.15) is 15.9 Å². The molecule has 2 N–H and O–H groups in total. The summed E-state index contributed by atoms with van der Waals surface area (Å²) in [5.74, 6) is 0.547. The highest BCUT2D eigenvalue weighted by molar-refractivity contribution is 6.04. The van der Waals surface area contributed by atoms with Crippen molar-refractivity contribution in [1.29, 1.82) is 0 Å². The largest absolute Gasteiger partial charge is 0.497 e. The summed E-state index contributed by atoms with van der Waals surface area (Å²) in [6, 6.07) is 13.1. The number of amides is 1. The summed E-state index contributed by atoms with van der Waals surface area (Å²) in [6.45, 7) is 0.961. The van der Waals surface area contributed by atoms with Gasteiger partial charge in [-0.2, -0.15) is 0 Å². The van der Waals surface area contributed by atoms with Crippen molar-refractivity contribution >= 4 is 17.3 Å². The van der Waals surface area contributed by atoms with Crippen LogP contribution in [0.15, 0.2) is 42.5 Å². The van der Waals surface area contributed by atoms with Crippen LogP contribution in [0.3, 0.4) is 0 Å². The topological polar surface area (TPSA) is 50.4 Å². The second-order valence-electron chi connectivity index (χ2n) is 4.73. The second kappa shape index (κ2) is 5.25. The van der Waals surface area contributed by atoms with E-state index in [4.69, 9.17) is 4.74 Å². The molecule has 4 heteroatoms. The summed E-state index contributed by atoms with van der Waals surface area (Å²) in [5, 5.41) is 6.22. The average Bonchev–Trinajstić information content (AvgIpc) is 2.95. The molecular weight excluding hydrogens is 252 g/mol. The highest BCUT2D eigenvalue weighted by atomic mass is 16.5. The van der Waals surface area contributed by atoms with Gasteiger partial charge in [-0.1, -0.05) is 6.07 Å². The van der Waals surface area contributed by atoms with Gasteiger partial charge in [0.1, 0.15) is 5.75 Å². The Balaban J connectivity index is 1.78. The summed E-state index contributed by atoms with van der Waals surface area (Å²) in [7, 11) is 1.59. The van der Waals surface area contributed by atoms with Crippen molar-refractivity contribution in [2.45, 2.75) is 6.42 Å². The molecule has 0 aromatic heterocycles. The molecule has 0 bridgehead atoms. The van der Waals surface area contributed by atoms with Crippen LogP contribution in [0.5, 0.6) is 5.75 Å². The zero-order valence-corrected chi connectivity index (χ0v) is 11.3. The minimum Gasteiger partial charge on any atom is -0.497 e. The molecule has 3 rings (SSSR count). The second-order valence-corrected chi connectivity index (χ2v) is 4.73. The predicted octanol–water partition coefficient (Wildman–Crippen LogP) is 2.92. The molecule has 102 valence electrons. The van der Waals surface area contributed by atoms with Gasteiger partial charge in [0.15, 0.2) is 0 Å². The van der Waals surface area contributed by atoms with Gasteiger partial charge in [-0.25, -0.2) is 0 Å². The monoisotopic (exact) mass is 268 g/mol. The maximum atomic E-state index is 12.2. The molecule has 0 fully saturated rings. The molecule has 1 heterocycles. The minimum atomic E-state index is -0.130. The number of carbonyl (C=O) groups excluding carboxylic acids is 1. The number of benzene rings is 2. The molecular formula is C16H16N2O2. The predicted molar refractivity (Wildman–Crippen MR) is 79.6 cm³/mol. The van der Waals surface area contributed by atoms with E-state index in [-0.39, 0.29) is 5.91 Å². The van der Waals surface area contributed by atoms with Crippen LogP contribution < -0.4 is 15.4 Å². The van der Waals surface area contributed by atoms with Gasteiger partial charge in [-0.15, -0.1) is 0 Å². The summed E-state index contributed by atoms with van der Waals surface area (Å²) >= 11 is 0. The lowest BCUT2D eigenvalue weighted by atomic mass is 10.1. The Morgan fingerprint density at radius 2 is 2.15 bits per heavy atom. The molecule has 2 aromatic carbocycles. The van der Waals surface area contributed by atoms with Gasteiger partial charge in [-0.05, 0) is 48.4 Å². The number of fused-ring (bicyclic) bond motifs is 1. The van der Waals surface area contributed by atoms with Crippen LogP contribution in [0.4, 0.5) is 11.4 Å². The number of hydrogen-bond acceptors (Lipinski definition) is 3. The van der Waals surface area contributed by atoms with Gasteiger partial charge in [0, 0.05) is 23.5 Å². The Morgan fingerprint density at radius 3 is 3.00 bits per heavy atom. The molecule has 1 amide bonds. The van der Waals surface area contributed by atoms with Crippen LogP contribution in [0.2, 0.25) is 0 Å². The summed E-state index contributed by atoms with van der Waals surface area (Å²) < 4.78 is 5.13. The zero-order chi connectivity index (χ0) is 13.9. The number of ether oxygens (including phenoxy) is 1. The Morgan fingerprint density at radius 1 is 1.25 bits per heavy atom. The molecule has 0 saturated heterocycles. The molecule has 1 aliphatic rings. The summed E-state index contributed by atoms with van der Waals surface area (Å²) in [5.41, 5.74) is 3.81. The molecule has 0 unspecified atom stereocenters. The zero-order valence-electron chi connectivity index (χ0n) is 11.3. The lowest BCUT2D eigenvalue weighted by Crippen LogP contribution is -2.12. The van der Waals surface area contributed by atoms with Gasteiger partial charge in [-0.3, -0.25) is 4.79 Å². The molecule has 20 heavy (non-hydrogen) atoms. The van der Waals surface area contributed by atoms with Gasteiger partial charge in [0.05, 0.1) is 7.11 Å². The number of rotatable bonds is 3. The molecule has 0 aliphatic carbocycles. The van der Waals surface area contributed by atoms with E-state index in [0.717, 1.165) is 24.3 Å². The van der Waals surface area contributed by atoms with E-state index in [1.54, 1.807) is 25.3 Å². The SMILES string of the molecule is COc1cccc(C(=O)Nc2ccc3c(c2)CCN3)c1. The fourth-order valence-electron chi connectivity index (χ4n) is 2.35. The van der Waals surface area contributed by atoms with Crippen LogP contribution >= 0.6 is 0 Å². The Labute approximate surface area is 117 Å². The quantitative estimate of drug-likeness (QED) is 0.900. The van der Waals surface area contributed by atoms with Crippen LogP contribution in [0, 0.1) is 0 Å². The van der Waals surface area contributed by atoms with Crippen LogP contribution in [-0.2, 0) is 6.42 Å². The lowest BCUT2D eigenvalue weighted by Gasteiger charge is -2.08. The first-order valence-corrected chi connectivity index (χ1v) is 6.58. The third kappa shape index (κ3) is 2.45. The number of carbonyl (C=O) groups is 1. The van der Waals surface area contributed by atoms with Gasteiger partial charge < -0.3 is 15.4 Å². The maximum Gasteiger partial charge on any atom is 0.255 e. The van der Waals surface area contributed by atoms with Gasteiger partial charge >= 0.3 is 0 Å². The third-order valence-electron chi connectivity index (χ3n) is 3.40. The Kier molecular flexibility index (Phi) is 3.29. The summed E-state index contributed by atoms with van der Waals surface area (Å²) in [6.07, 6.45) is 0.998. The first kappa shape index (κ1) is 12.5. The van der Waals surface area contributed by atoms with E-state index in [1.807, 2.05) is 24.3 Å². The smallest absolute Gasteiger partial charge is 0.255 e. The summed E-state index contributed by atoms with van der Waals surface area (Å²) in [4.78, 5) is 12.2. The molecule has 0 saturated carbocycles. The van der Waals surface area contributed by atoms with E-state index >= 15 is 0 Å². The first-order valence-electron chi connectivity index (χ1n) is 6.58. The Hall–Kier alpha value is -2.49. The van der Waals surface area contributed by atoms with E-state index in [0.29, 0.717) is 11.3 Å². The third-order valence-corrected chi connectivity index (χ3v) is 3.40. The number of hydrogen-bond donors (Lipinski definition) is 2. The van der Waals surface area contributed by atoms with Crippen molar-refractivity contribution in [1.82, 2.24) is 0 Å². The molecule has 2 aromatic rings. The van der Waals surface area contributed by atoms with Gasteiger partial charge in [0.2, 0.25) is 0 Å². The average molecular weight is 268 g/mol. The highest BCUT2D eigenvalue weighted by Crippen LogP contribution is 2.25. The minimum absolute atomic E-state index is 0.130. The van der Waals surface area contributed by atoms with Crippen molar-refractivity contribution in [2.75, 3.05) is 24.3 Å². The van der Waals surface area contributed by atoms with E-state index in [1.165, 1.54) is 5.56 Å². The number of nitrogens with one attached hydrogen (secondary N) is 2. The number of anilines is 2. The Bertz CT molecular complexity index is 653. The molecule has 0 atom stereocenters. The molecule has 0 spiro atoms. The van der Waals surface area contributed by atoms with Crippen molar-refractivity contribution < 1.29 is 9.53 Å². The number of methoxy groups -OCH3 is 1. The van der Waals surface area contributed by atoms with Crippen molar-refractivity contribution in [3.05, 3.63) is 53.6 Å². The van der Waals surface area contributed by atoms with E-state index < -0.39 is 0 Å². The fourth-order valence-corrected chi connectivity index (χ4v) is 2.35. The standard InChI is InChI=1S/C16H16N2O2/c1-20-14-4-2-3-12(10-14)16(19)18-13-5-6-15-11(9-13)7-8-17-15/h2-6,9-10,17H,7-8H2,1H3,(H,18,19). The molecule has 4 nitrogen and oxygen atoms in total. The van der Waals surface area contributed by atoms with Crippen LogP contribution in [0.25, 0.3) is 0 Å². The van der Waals surface area contributed by atoms with Crippen LogP contribution in [-0.4, -0.2) is 19.6 Å². The first-order chi connectivity index (χ1) is 9.76. The van der Waals surface area contributed by atoms with E-state index in [2.05, 4.69) is 10.6 Å². The fraction of sp³-hybridized carbons (Fsp3) is 0.188. The van der Waals surface area contributed by atoms with Gasteiger partial charge in [0.25, 0.3) is 5.91 Å². The maximum absolute atomic E-state index is 12.2. The van der Waals surface area contributed by atoms with Crippen molar-refractivity contribution in [3.8, 4) is 5.75 Å². The lowest BCUT2D eigenvalue weighted by molar-refractivity contribution is 0.102. The van der Waals surface area contributed by atoms with E-state index in [9.17, 15) is 4.79 Å². The molecule has 0 radical (unpaired) electrons. The molecule has 1 aliphatic heterocycles.